The molecular formula is C26H33N3O5. The van der Waals surface area contributed by atoms with Crippen LogP contribution in [-0.2, 0) is 14.3 Å². The second-order valence-electron chi connectivity index (χ2n) is 8.45. The molecule has 0 saturated carbocycles. The van der Waals surface area contributed by atoms with Crippen molar-refractivity contribution >= 4 is 23.5 Å². The highest BCUT2D eigenvalue weighted by Crippen LogP contribution is 2.28. The van der Waals surface area contributed by atoms with Crippen molar-refractivity contribution in [2.75, 3.05) is 38.0 Å². The number of nitrogens with zero attached hydrogens (tertiary/aromatic N) is 1. The highest BCUT2D eigenvalue weighted by Gasteiger charge is 2.23. The Morgan fingerprint density at radius 3 is 2.41 bits per heavy atom. The highest BCUT2D eigenvalue weighted by atomic mass is 16.6. The number of carbonyl (C=O) groups excluding carboxylic acids is 2. The number of piperidine rings is 1. The van der Waals surface area contributed by atoms with Gasteiger partial charge in [-0.3, -0.25) is 14.9 Å². The summed E-state index contributed by atoms with van der Waals surface area (Å²) in [5.41, 5.74) is 2.68. The molecule has 3 N–H and O–H groups in total. The molecule has 1 aliphatic heterocycles. The van der Waals surface area contributed by atoms with Crippen LogP contribution >= 0.6 is 0 Å². The Hall–Kier alpha value is -3.23. The number of carbonyl (C=O) groups is 3. The van der Waals surface area contributed by atoms with E-state index in [0.29, 0.717) is 31.6 Å². The third kappa shape index (κ3) is 8.61. The van der Waals surface area contributed by atoms with Crippen molar-refractivity contribution in [1.82, 2.24) is 10.2 Å². The van der Waals surface area contributed by atoms with Crippen molar-refractivity contribution in [1.29, 1.82) is 0 Å². The van der Waals surface area contributed by atoms with Gasteiger partial charge < -0.3 is 20.1 Å². The number of amides is 1. The van der Waals surface area contributed by atoms with Crippen LogP contribution in [0.3, 0.4) is 0 Å². The predicted octanol–water partition coefficient (Wildman–Crippen LogP) is 3.78. The number of nitrogens with one attached hydrogen (secondary N) is 2. The average molecular weight is 468 g/mol. The Bertz CT molecular complexity index is 942. The molecule has 2 aromatic rings. The summed E-state index contributed by atoms with van der Waals surface area (Å²) in [6.07, 6.45) is 1.94. The molecular weight excluding hydrogens is 434 g/mol. The fraction of sp³-hybridized carbons (Fsp3) is 0.423. The Labute approximate surface area is 200 Å². The molecule has 3 rings (SSSR count). The molecule has 1 amide bonds. The van der Waals surface area contributed by atoms with Crippen molar-refractivity contribution < 1.29 is 24.2 Å². The van der Waals surface area contributed by atoms with E-state index in [0.717, 1.165) is 37.1 Å². The van der Waals surface area contributed by atoms with Crippen molar-refractivity contribution in [3.8, 4) is 11.1 Å². The van der Waals surface area contributed by atoms with Crippen LogP contribution in [0.5, 0.6) is 0 Å². The summed E-state index contributed by atoms with van der Waals surface area (Å²) in [5.74, 6) is -0.708. The van der Waals surface area contributed by atoms with Crippen LogP contribution < -0.4 is 10.6 Å². The van der Waals surface area contributed by atoms with E-state index in [1.165, 1.54) is 0 Å². The number of hydrogen-bond donors (Lipinski definition) is 3. The number of carboxylic acids is 1. The van der Waals surface area contributed by atoms with Crippen LogP contribution in [0.25, 0.3) is 11.1 Å². The van der Waals surface area contributed by atoms with Gasteiger partial charge in [0.15, 0.2) is 0 Å². The van der Waals surface area contributed by atoms with Gasteiger partial charge in [0, 0.05) is 38.0 Å². The SMILES string of the molecule is O=C(O)CCCNCC(=O)CCN1CCC(OC(=O)Nc2ccccc2-c2ccccc2)CC1. The Balaban J connectivity index is 1.35. The van der Waals surface area contributed by atoms with E-state index >= 15 is 0 Å². The number of para-hydroxylation sites is 1. The van der Waals surface area contributed by atoms with Gasteiger partial charge in [-0.05, 0) is 37.4 Å². The summed E-state index contributed by atoms with van der Waals surface area (Å²) in [6, 6.07) is 17.5. The first kappa shape index (κ1) is 25.4. The number of hydrogen-bond acceptors (Lipinski definition) is 6. The molecule has 182 valence electrons. The molecule has 8 nitrogen and oxygen atoms in total. The van der Waals surface area contributed by atoms with Gasteiger partial charge in [-0.2, -0.15) is 0 Å². The minimum absolute atomic E-state index is 0.107. The fourth-order valence-corrected chi connectivity index (χ4v) is 3.97. The number of ether oxygens (including phenoxy) is 1. The van der Waals surface area contributed by atoms with Crippen LogP contribution in [0.4, 0.5) is 10.5 Å². The minimum Gasteiger partial charge on any atom is -0.481 e. The average Bonchev–Trinajstić information content (AvgIpc) is 2.84. The lowest BCUT2D eigenvalue weighted by atomic mass is 10.0. The maximum absolute atomic E-state index is 12.5. The largest absolute Gasteiger partial charge is 0.481 e. The van der Waals surface area contributed by atoms with Crippen LogP contribution in [0.15, 0.2) is 54.6 Å². The van der Waals surface area contributed by atoms with Crippen molar-refractivity contribution in [3.05, 3.63) is 54.6 Å². The molecule has 0 spiro atoms. The number of anilines is 1. The summed E-state index contributed by atoms with van der Waals surface area (Å²) in [7, 11) is 0. The molecule has 34 heavy (non-hydrogen) atoms. The van der Waals surface area contributed by atoms with Crippen LogP contribution in [0, 0.1) is 0 Å². The number of ketones is 1. The zero-order valence-corrected chi connectivity index (χ0v) is 19.4. The lowest BCUT2D eigenvalue weighted by molar-refractivity contribution is -0.137. The van der Waals surface area contributed by atoms with E-state index in [-0.39, 0.29) is 24.9 Å². The third-order valence-corrected chi connectivity index (χ3v) is 5.83. The summed E-state index contributed by atoms with van der Waals surface area (Å²) in [5, 5.41) is 14.5. The monoisotopic (exact) mass is 467 g/mol. The summed E-state index contributed by atoms with van der Waals surface area (Å²) < 4.78 is 5.66. The lowest BCUT2D eigenvalue weighted by Crippen LogP contribution is -2.39. The van der Waals surface area contributed by atoms with E-state index < -0.39 is 12.1 Å². The minimum atomic E-state index is -0.824. The molecule has 1 aliphatic rings. The number of Topliss-reactive ketones (excluding diaryl/α,β-unsaturated/α-hetero) is 1. The molecule has 0 unspecified atom stereocenters. The van der Waals surface area contributed by atoms with Crippen molar-refractivity contribution in [3.63, 3.8) is 0 Å². The zero-order valence-electron chi connectivity index (χ0n) is 19.4. The van der Waals surface area contributed by atoms with E-state index in [1.54, 1.807) is 0 Å². The van der Waals surface area contributed by atoms with Gasteiger partial charge in [0.05, 0.1) is 12.2 Å². The molecule has 0 atom stereocenters. The standard InChI is InChI=1S/C26H33N3O5/c30-21(19-27-15-6-11-25(31)32)12-16-29-17-13-22(14-18-29)34-26(33)28-24-10-5-4-9-23(24)20-7-2-1-3-8-20/h1-5,7-10,22,27H,6,11-19H2,(H,28,33)(H,31,32). The van der Waals surface area contributed by atoms with Crippen LogP contribution in [-0.4, -0.2) is 66.7 Å². The number of aliphatic carboxylic acids is 1. The van der Waals surface area contributed by atoms with E-state index in [9.17, 15) is 14.4 Å². The van der Waals surface area contributed by atoms with Crippen LogP contribution in [0.1, 0.15) is 32.1 Å². The zero-order chi connectivity index (χ0) is 24.2. The Morgan fingerprint density at radius 2 is 1.68 bits per heavy atom. The highest BCUT2D eigenvalue weighted by molar-refractivity contribution is 5.91. The Morgan fingerprint density at radius 1 is 0.971 bits per heavy atom. The van der Waals surface area contributed by atoms with Gasteiger partial charge in [-0.1, -0.05) is 48.5 Å². The Kier molecular flexibility index (Phi) is 10.1. The molecule has 0 radical (unpaired) electrons. The molecule has 0 aromatic heterocycles. The second-order valence-corrected chi connectivity index (χ2v) is 8.45. The number of carboxylic acid groups (broad SMARTS) is 1. The molecule has 2 aromatic carbocycles. The van der Waals surface area contributed by atoms with Gasteiger partial charge in [0.1, 0.15) is 11.9 Å². The quantitative estimate of drug-likeness (QED) is 0.408. The smallest absolute Gasteiger partial charge is 0.411 e. The van der Waals surface area contributed by atoms with Crippen molar-refractivity contribution in [2.24, 2.45) is 0 Å². The lowest BCUT2D eigenvalue weighted by Gasteiger charge is -2.31. The molecule has 8 heteroatoms. The first-order valence-corrected chi connectivity index (χ1v) is 11.8. The van der Waals surface area contributed by atoms with Gasteiger partial charge in [-0.15, -0.1) is 0 Å². The molecule has 1 saturated heterocycles. The summed E-state index contributed by atoms with van der Waals surface area (Å²) >= 11 is 0. The predicted molar refractivity (Wildman–Crippen MR) is 131 cm³/mol. The van der Waals surface area contributed by atoms with Crippen molar-refractivity contribution in [2.45, 2.75) is 38.2 Å². The molecule has 1 heterocycles. The molecule has 0 aliphatic carbocycles. The summed E-state index contributed by atoms with van der Waals surface area (Å²) in [4.78, 5) is 37.2. The fourth-order valence-electron chi connectivity index (χ4n) is 3.97. The number of benzene rings is 2. The van der Waals surface area contributed by atoms with Crippen LogP contribution in [0.2, 0.25) is 0 Å². The van der Waals surface area contributed by atoms with E-state index in [2.05, 4.69) is 15.5 Å². The van der Waals surface area contributed by atoms with Gasteiger partial charge in [0.25, 0.3) is 0 Å². The van der Waals surface area contributed by atoms with E-state index in [4.69, 9.17) is 9.84 Å². The molecule has 0 bridgehead atoms. The normalized spacial score (nSPS) is 14.5. The maximum Gasteiger partial charge on any atom is 0.411 e. The first-order valence-electron chi connectivity index (χ1n) is 11.8. The van der Waals surface area contributed by atoms with E-state index in [1.807, 2.05) is 54.6 Å². The van der Waals surface area contributed by atoms with Gasteiger partial charge in [-0.25, -0.2) is 4.79 Å². The third-order valence-electron chi connectivity index (χ3n) is 5.83. The van der Waals surface area contributed by atoms with Gasteiger partial charge >= 0.3 is 12.1 Å². The number of rotatable bonds is 12. The van der Waals surface area contributed by atoms with Gasteiger partial charge in [0.2, 0.25) is 0 Å². The second kappa shape index (κ2) is 13.5. The number of likely N-dealkylation sites (tertiary alicyclic amines) is 1. The maximum atomic E-state index is 12.5. The first-order chi connectivity index (χ1) is 16.5. The topological polar surface area (TPSA) is 108 Å². The molecule has 1 fully saturated rings. The summed E-state index contributed by atoms with van der Waals surface area (Å²) in [6.45, 7) is 3.03.